The van der Waals surface area contributed by atoms with E-state index in [1.165, 1.54) is 0 Å². The van der Waals surface area contributed by atoms with E-state index in [0.717, 1.165) is 16.9 Å². The molecule has 1 heterocycles. The van der Waals surface area contributed by atoms with Gasteiger partial charge in [0.25, 0.3) is 0 Å². The van der Waals surface area contributed by atoms with Crippen molar-refractivity contribution in [3.05, 3.63) is 47.8 Å². The third-order valence-corrected chi connectivity index (χ3v) is 3.23. The van der Waals surface area contributed by atoms with Crippen molar-refractivity contribution in [1.82, 2.24) is 20.4 Å². The summed E-state index contributed by atoms with van der Waals surface area (Å²) in [6, 6.07) is 7.20. The van der Waals surface area contributed by atoms with E-state index in [9.17, 15) is 4.79 Å². The van der Waals surface area contributed by atoms with Gasteiger partial charge in [-0.05, 0) is 24.7 Å². The van der Waals surface area contributed by atoms with E-state index < -0.39 is 6.04 Å². The van der Waals surface area contributed by atoms with Crippen molar-refractivity contribution < 1.29 is 9.53 Å². The minimum absolute atomic E-state index is 0. The van der Waals surface area contributed by atoms with Crippen molar-refractivity contribution in [2.24, 2.45) is 7.05 Å². The first kappa shape index (κ1) is 18.0. The van der Waals surface area contributed by atoms with Gasteiger partial charge in [-0.15, -0.1) is 12.4 Å². The summed E-state index contributed by atoms with van der Waals surface area (Å²) in [5.41, 5.74) is 1.86. The molecule has 22 heavy (non-hydrogen) atoms. The number of carbonyl (C=O) groups excluding carboxylic acids is 1. The Bertz CT molecular complexity index is 598. The maximum Gasteiger partial charge on any atom is 0.242 e. The molecule has 0 aliphatic rings. The molecule has 0 aliphatic heterocycles. The van der Waals surface area contributed by atoms with E-state index in [2.05, 4.69) is 15.7 Å². The quantitative estimate of drug-likeness (QED) is 0.843. The molecule has 0 bridgehead atoms. The van der Waals surface area contributed by atoms with Gasteiger partial charge in [0, 0.05) is 25.4 Å². The lowest BCUT2D eigenvalue weighted by molar-refractivity contribution is -0.123. The van der Waals surface area contributed by atoms with Gasteiger partial charge >= 0.3 is 0 Å². The van der Waals surface area contributed by atoms with Gasteiger partial charge in [-0.25, -0.2) is 0 Å². The van der Waals surface area contributed by atoms with Crippen molar-refractivity contribution in [3.63, 3.8) is 0 Å². The Kier molecular flexibility index (Phi) is 6.88. The first-order chi connectivity index (χ1) is 10.1. The zero-order chi connectivity index (χ0) is 15.2. The molecule has 0 saturated carbocycles. The van der Waals surface area contributed by atoms with Crippen LogP contribution in [0.15, 0.2) is 36.7 Å². The molecule has 7 heteroatoms. The molecule has 0 spiro atoms. The first-order valence-corrected chi connectivity index (χ1v) is 6.70. The van der Waals surface area contributed by atoms with Crippen molar-refractivity contribution in [1.29, 1.82) is 0 Å². The molecule has 0 aliphatic carbocycles. The van der Waals surface area contributed by atoms with Gasteiger partial charge in [0.2, 0.25) is 5.91 Å². The fourth-order valence-electron chi connectivity index (χ4n) is 2.07. The van der Waals surface area contributed by atoms with Crippen LogP contribution >= 0.6 is 12.4 Å². The predicted octanol–water partition coefficient (Wildman–Crippen LogP) is 1.43. The van der Waals surface area contributed by atoms with Crippen LogP contribution in [0.3, 0.4) is 0 Å². The lowest BCUT2D eigenvalue weighted by Crippen LogP contribution is -2.35. The van der Waals surface area contributed by atoms with Crippen LogP contribution in [0, 0.1) is 0 Å². The second kappa shape index (κ2) is 8.41. The van der Waals surface area contributed by atoms with Crippen molar-refractivity contribution >= 4 is 18.3 Å². The Balaban J connectivity index is 0.00000242. The molecule has 0 radical (unpaired) electrons. The maximum atomic E-state index is 12.2. The van der Waals surface area contributed by atoms with Crippen molar-refractivity contribution in [3.8, 4) is 5.75 Å². The number of hydrogen-bond acceptors (Lipinski definition) is 4. The van der Waals surface area contributed by atoms with E-state index >= 15 is 0 Å². The Morgan fingerprint density at radius 3 is 2.55 bits per heavy atom. The van der Waals surface area contributed by atoms with E-state index in [1.807, 2.05) is 37.5 Å². The Morgan fingerprint density at radius 2 is 2.05 bits per heavy atom. The summed E-state index contributed by atoms with van der Waals surface area (Å²) in [5.74, 6) is 0.717. The highest BCUT2D eigenvalue weighted by molar-refractivity contribution is 5.85. The average molecular weight is 325 g/mol. The number of likely N-dealkylation sites (N-methyl/N-ethyl adjacent to an activating group) is 1. The van der Waals surface area contributed by atoms with Gasteiger partial charge in [0.1, 0.15) is 11.8 Å². The Hall–Kier alpha value is -2.05. The van der Waals surface area contributed by atoms with Crippen molar-refractivity contribution in [2.75, 3.05) is 14.2 Å². The zero-order valence-corrected chi connectivity index (χ0v) is 13.7. The maximum absolute atomic E-state index is 12.2. The molecule has 1 amide bonds. The summed E-state index contributed by atoms with van der Waals surface area (Å²) in [4.78, 5) is 12.2. The molecule has 0 fully saturated rings. The van der Waals surface area contributed by atoms with Crippen LogP contribution in [0.2, 0.25) is 0 Å². The number of methoxy groups -OCH3 is 1. The molecule has 1 unspecified atom stereocenters. The number of halogens is 1. The highest BCUT2D eigenvalue weighted by Gasteiger charge is 2.19. The highest BCUT2D eigenvalue weighted by Crippen LogP contribution is 2.13. The summed E-state index contributed by atoms with van der Waals surface area (Å²) in [6.07, 6.45) is 3.52. The number of nitrogens with one attached hydrogen (secondary N) is 2. The molecule has 2 aromatic rings. The van der Waals surface area contributed by atoms with Crippen LogP contribution < -0.4 is 15.4 Å². The average Bonchev–Trinajstić information content (AvgIpc) is 2.92. The van der Waals surface area contributed by atoms with Crippen LogP contribution in [-0.4, -0.2) is 29.8 Å². The van der Waals surface area contributed by atoms with E-state index in [-0.39, 0.29) is 18.3 Å². The van der Waals surface area contributed by atoms with Gasteiger partial charge in [-0.3, -0.25) is 9.48 Å². The van der Waals surface area contributed by atoms with Crippen molar-refractivity contribution in [2.45, 2.75) is 12.6 Å². The second-order valence-corrected chi connectivity index (χ2v) is 4.73. The summed E-state index contributed by atoms with van der Waals surface area (Å²) in [7, 11) is 5.21. The third kappa shape index (κ3) is 4.47. The van der Waals surface area contributed by atoms with Gasteiger partial charge in [-0.1, -0.05) is 12.1 Å². The molecule has 120 valence electrons. The largest absolute Gasteiger partial charge is 0.497 e. The van der Waals surface area contributed by atoms with E-state index in [4.69, 9.17) is 4.74 Å². The number of benzene rings is 1. The SMILES string of the molecule is CNC(C(=O)NCc1ccc(OC)cc1)c1cnn(C)c1.Cl. The summed E-state index contributed by atoms with van der Waals surface area (Å²) in [6.45, 7) is 0.473. The molecule has 2 rings (SSSR count). The molecule has 1 aromatic heterocycles. The smallest absolute Gasteiger partial charge is 0.242 e. The lowest BCUT2D eigenvalue weighted by Gasteiger charge is -2.14. The fraction of sp³-hybridized carbons (Fsp3) is 0.333. The van der Waals surface area contributed by atoms with Crippen LogP contribution in [0.1, 0.15) is 17.2 Å². The number of rotatable bonds is 6. The summed E-state index contributed by atoms with van der Waals surface area (Å²) < 4.78 is 6.78. The fourth-order valence-corrected chi connectivity index (χ4v) is 2.07. The number of hydrogen-bond donors (Lipinski definition) is 2. The highest BCUT2D eigenvalue weighted by atomic mass is 35.5. The number of aromatic nitrogens is 2. The monoisotopic (exact) mass is 324 g/mol. The third-order valence-electron chi connectivity index (χ3n) is 3.23. The first-order valence-electron chi connectivity index (χ1n) is 6.70. The molecule has 6 nitrogen and oxygen atoms in total. The van der Waals surface area contributed by atoms with E-state index in [1.54, 1.807) is 25.0 Å². The van der Waals surface area contributed by atoms with Gasteiger partial charge in [-0.2, -0.15) is 5.10 Å². The van der Waals surface area contributed by atoms with Gasteiger partial charge in [0.05, 0.1) is 13.3 Å². The van der Waals surface area contributed by atoms with Crippen LogP contribution in [0.25, 0.3) is 0 Å². The summed E-state index contributed by atoms with van der Waals surface area (Å²) in [5, 5.41) is 10.0. The number of nitrogens with zero attached hydrogens (tertiary/aromatic N) is 2. The molecule has 1 atom stereocenters. The number of carbonyl (C=O) groups is 1. The number of aryl methyl sites for hydroxylation is 1. The molecule has 0 saturated heterocycles. The standard InChI is InChI=1S/C15H20N4O2.ClH/c1-16-14(12-9-18-19(2)10-12)15(20)17-8-11-4-6-13(21-3)7-5-11;/h4-7,9-10,14,16H,8H2,1-3H3,(H,17,20);1H. The van der Waals surface area contributed by atoms with Crippen LogP contribution in [0.5, 0.6) is 5.75 Å². The minimum Gasteiger partial charge on any atom is -0.497 e. The molecule has 1 aromatic carbocycles. The van der Waals surface area contributed by atoms with Gasteiger partial charge < -0.3 is 15.4 Å². The molecular formula is C15H21ClN4O2. The van der Waals surface area contributed by atoms with Gasteiger partial charge in [0.15, 0.2) is 0 Å². The number of ether oxygens (including phenoxy) is 1. The van der Waals surface area contributed by atoms with Crippen LogP contribution in [-0.2, 0) is 18.4 Å². The normalized spacial score (nSPS) is 11.4. The topological polar surface area (TPSA) is 68.2 Å². The lowest BCUT2D eigenvalue weighted by atomic mass is 10.1. The Morgan fingerprint density at radius 1 is 1.36 bits per heavy atom. The zero-order valence-electron chi connectivity index (χ0n) is 12.9. The number of amides is 1. The molecule has 2 N–H and O–H groups in total. The predicted molar refractivity (Wildman–Crippen MR) is 87.1 cm³/mol. The molecular weight excluding hydrogens is 304 g/mol. The Labute approximate surface area is 136 Å². The second-order valence-electron chi connectivity index (χ2n) is 4.73. The minimum atomic E-state index is -0.406. The van der Waals surface area contributed by atoms with E-state index in [0.29, 0.717) is 6.54 Å². The van der Waals surface area contributed by atoms with Crippen LogP contribution in [0.4, 0.5) is 0 Å². The summed E-state index contributed by atoms with van der Waals surface area (Å²) >= 11 is 0.